The van der Waals surface area contributed by atoms with Crippen molar-refractivity contribution in [3.05, 3.63) is 42.5 Å². The Kier molecular flexibility index (Phi) is 6.62. The van der Waals surface area contributed by atoms with Crippen LogP contribution in [-0.2, 0) is 4.74 Å². The van der Waals surface area contributed by atoms with E-state index in [-0.39, 0.29) is 12.1 Å². The summed E-state index contributed by atoms with van der Waals surface area (Å²) >= 11 is 0. The number of carbonyl (C=O) groups is 1. The SMILES string of the molecule is COCCN1CCC(NC(=O)Nc2ccc(OC)nc2-c2ccccc2)C1. The lowest BCUT2D eigenvalue weighted by Gasteiger charge is -2.17. The highest BCUT2D eigenvalue weighted by Gasteiger charge is 2.23. The average molecular weight is 370 g/mol. The molecule has 1 aromatic heterocycles. The number of likely N-dealkylation sites (tertiary alicyclic amines) is 1. The maximum Gasteiger partial charge on any atom is 0.319 e. The maximum absolute atomic E-state index is 12.5. The normalized spacial score (nSPS) is 16.9. The van der Waals surface area contributed by atoms with Crippen LogP contribution in [0.25, 0.3) is 11.3 Å². The van der Waals surface area contributed by atoms with Crippen LogP contribution in [-0.4, -0.2) is 62.4 Å². The molecule has 2 heterocycles. The van der Waals surface area contributed by atoms with Crippen molar-refractivity contribution in [2.45, 2.75) is 12.5 Å². The van der Waals surface area contributed by atoms with Gasteiger partial charge in [0.1, 0.15) is 0 Å². The Morgan fingerprint density at radius 2 is 2.04 bits per heavy atom. The molecule has 1 aliphatic rings. The molecule has 1 aliphatic heterocycles. The molecule has 7 heteroatoms. The van der Waals surface area contributed by atoms with Crippen LogP contribution in [0.3, 0.4) is 0 Å². The predicted molar refractivity (Wildman–Crippen MR) is 105 cm³/mol. The van der Waals surface area contributed by atoms with E-state index in [0.717, 1.165) is 31.6 Å². The number of benzene rings is 1. The van der Waals surface area contributed by atoms with Gasteiger partial charge in [-0.25, -0.2) is 9.78 Å². The fourth-order valence-corrected chi connectivity index (χ4v) is 3.19. The molecule has 1 atom stereocenters. The third-order valence-corrected chi connectivity index (χ3v) is 4.59. The van der Waals surface area contributed by atoms with E-state index in [4.69, 9.17) is 9.47 Å². The van der Waals surface area contributed by atoms with Gasteiger partial charge in [0.15, 0.2) is 0 Å². The lowest BCUT2D eigenvalue weighted by molar-refractivity contribution is 0.160. The first-order valence-electron chi connectivity index (χ1n) is 9.09. The Labute approximate surface area is 159 Å². The van der Waals surface area contributed by atoms with E-state index in [2.05, 4.69) is 20.5 Å². The third kappa shape index (κ3) is 5.18. The molecule has 0 bridgehead atoms. The van der Waals surface area contributed by atoms with Crippen LogP contribution < -0.4 is 15.4 Å². The Balaban J connectivity index is 1.66. The van der Waals surface area contributed by atoms with Gasteiger partial charge >= 0.3 is 6.03 Å². The zero-order chi connectivity index (χ0) is 19.1. The van der Waals surface area contributed by atoms with Crippen LogP contribution in [0, 0.1) is 0 Å². The summed E-state index contributed by atoms with van der Waals surface area (Å²) in [5.41, 5.74) is 2.24. The average Bonchev–Trinajstić information content (AvgIpc) is 3.14. The predicted octanol–water partition coefficient (Wildman–Crippen LogP) is 2.60. The van der Waals surface area contributed by atoms with Crippen LogP contribution in [0.5, 0.6) is 5.88 Å². The number of anilines is 1. The zero-order valence-corrected chi connectivity index (χ0v) is 15.8. The van der Waals surface area contributed by atoms with Gasteiger partial charge in [0.05, 0.1) is 25.1 Å². The molecule has 2 amide bonds. The van der Waals surface area contributed by atoms with Crippen LogP contribution in [0.2, 0.25) is 0 Å². The molecule has 3 rings (SSSR count). The van der Waals surface area contributed by atoms with Crippen molar-refractivity contribution in [2.24, 2.45) is 0 Å². The summed E-state index contributed by atoms with van der Waals surface area (Å²) in [4.78, 5) is 19.3. The molecule has 0 saturated carbocycles. The molecular weight excluding hydrogens is 344 g/mol. The highest BCUT2D eigenvalue weighted by Crippen LogP contribution is 2.28. The number of ether oxygens (including phenoxy) is 2. The van der Waals surface area contributed by atoms with Gasteiger partial charge in [-0.05, 0) is 12.5 Å². The Morgan fingerprint density at radius 3 is 2.78 bits per heavy atom. The minimum atomic E-state index is -0.224. The van der Waals surface area contributed by atoms with E-state index in [1.54, 1.807) is 20.3 Å². The minimum absolute atomic E-state index is 0.133. The van der Waals surface area contributed by atoms with Gasteiger partial charge in [-0.1, -0.05) is 30.3 Å². The smallest absolute Gasteiger partial charge is 0.319 e. The lowest BCUT2D eigenvalue weighted by Crippen LogP contribution is -2.40. The molecule has 27 heavy (non-hydrogen) atoms. The van der Waals surface area contributed by atoms with E-state index >= 15 is 0 Å². The highest BCUT2D eigenvalue weighted by molar-refractivity contribution is 5.93. The second-order valence-electron chi connectivity index (χ2n) is 6.49. The van der Waals surface area contributed by atoms with Crippen LogP contribution in [0.1, 0.15) is 6.42 Å². The number of hydrogen-bond donors (Lipinski definition) is 2. The molecule has 2 N–H and O–H groups in total. The molecule has 1 fully saturated rings. The van der Waals surface area contributed by atoms with E-state index in [1.165, 1.54) is 0 Å². The van der Waals surface area contributed by atoms with Crippen molar-refractivity contribution in [3.63, 3.8) is 0 Å². The van der Waals surface area contributed by atoms with Gasteiger partial charge in [-0.3, -0.25) is 4.90 Å². The maximum atomic E-state index is 12.5. The number of urea groups is 1. The Hall–Kier alpha value is -2.64. The van der Waals surface area contributed by atoms with Gasteiger partial charge in [0.25, 0.3) is 0 Å². The molecular formula is C20H26N4O3. The first-order chi connectivity index (χ1) is 13.2. The van der Waals surface area contributed by atoms with E-state index in [0.29, 0.717) is 23.9 Å². The highest BCUT2D eigenvalue weighted by atomic mass is 16.5. The molecule has 7 nitrogen and oxygen atoms in total. The van der Waals surface area contributed by atoms with E-state index in [1.807, 2.05) is 36.4 Å². The van der Waals surface area contributed by atoms with Gasteiger partial charge < -0.3 is 20.1 Å². The number of amides is 2. The summed E-state index contributed by atoms with van der Waals surface area (Å²) in [7, 11) is 3.28. The van der Waals surface area contributed by atoms with Crippen molar-refractivity contribution in [3.8, 4) is 17.1 Å². The largest absolute Gasteiger partial charge is 0.481 e. The number of aromatic nitrogens is 1. The van der Waals surface area contributed by atoms with Gasteiger partial charge in [0, 0.05) is 44.4 Å². The summed E-state index contributed by atoms with van der Waals surface area (Å²) < 4.78 is 10.3. The van der Waals surface area contributed by atoms with Crippen LogP contribution in [0.15, 0.2) is 42.5 Å². The van der Waals surface area contributed by atoms with Crippen LogP contribution in [0.4, 0.5) is 10.5 Å². The monoisotopic (exact) mass is 370 g/mol. The fourth-order valence-electron chi connectivity index (χ4n) is 3.19. The van der Waals surface area contributed by atoms with Crippen molar-refractivity contribution in [2.75, 3.05) is 45.8 Å². The first kappa shape index (κ1) is 19.1. The van der Waals surface area contributed by atoms with Crippen molar-refractivity contribution in [1.29, 1.82) is 0 Å². The summed E-state index contributed by atoms with van der Waals surface area (Å²) in [6.07, 6.45) is 0.934. The van der Waals surface area contributed by atoms with E-state index in [9.17, 15) is 4.79 Å². The number of methoxy groups -OCH3 is 2. The summed E-state index contributed by atoms with van der Waals surface area (Å²) in [5, 5.41) is 5.98. The number of rotatable bonds is 7. The molecule has 0 radical (unpaired) electrons. The first-order valence-corrected chi connectivity index (χ1v) is 9.09. The number of nitrogens with zero attached hydrogens (tertiary/aromatic N) is 2. The second-order valence-corrected chi connectivity index (χ2v) is 6.49. The van der Waals surface area contributed by atoms with E-state index < -0.39 is 0 Å². The van der Waals surface area contributed by atoms with Gasteiger partial charge in [-0.15, -0.1) is 0 Å². The van der Waals surface area contributed by atoms with Crippen molar-refractivity contribution >= 4 is 11.7 Å². The van der Waals surface area contributed by atoms with Gasteiger partial charge in [-0.2, -0.15) is 0 Å². The molecule has 2 aromatic rings. The quantitative estimate of drug-likeness (QED) is 0.784. The van der Waals surface area contributed by atoms with Crippen molar-refractivity contribution < 1.29 is 14.3 Å². The number of carbonyl (C=O) groups excluding carboxylic acids is 1. The molecule has 1 aromatic carbocycles. The summed E-state index contributed by atoms with van der Waals surface area (Å²) in [6.45, 7) is 3.39. The third-order valence-electron chi connectivity index (χ3n) is 4.59. The molecule has 0 aliphatic carbocycles. The van der Waals surface area contributed by atoms with Crippen molar-refractivity contribution in [1.82, 2.24) is 15.2 Å². The number of pyridine rings is 1. The number of hydrogen-bond acceptors (Lipinski definition) is 5. The topological polar surface area (TPSA) is 75.7 Å². The zero-order valence-electron chi connectivity index (χ0n) is 15.8. The standard InChI is InChI=1S/C20H26N4O3/c1-26-13-12-24-11-10-16(14-24)21-20(25)22-17-8-9-18(27-2)23-19(17)15-6-4-3-5-7-15/h3-9,16H,10-14H2,1-2H3,(H2,21,22,25). The minimum Gasteiger partial charge on any atom is -0.481 e. The fraction of sp³-hybridized carbons (Fsp3) is 0.400. The number of nitrogens with one attached hydrogen (secondary N) is 2. The second kappa shape index (κ2) is 9.34. The Morgan fingerprint density at radius 1 is 1.22 bits per heavy atom. The Bertz CT molecular complexity index is 754. The molecule has 144 valence electrons. The lowest BCUT2D eigenvalue weighted by atomic mass is 10.1. The molecule has 0 spiro atoms. The van der Waals surface area contributed by atoms with Crippen LogP contribution >= 0.6 is 0 Å². The molecule has 1 unspecified atom stereocenters. The summed E-state index contributed by atoms with van der Waals surface area (Å²) in [5.74, 6) is 0.504. The van der Waals surface area contributed by atoms with Gasteiger partial charge in [0.2, 0.25) is 5.88 Å². The molecule has 1 saturated heterocycles. The summed E-state index contributed by atoms with van der Waals surface area (Å²) in [6, 6.07) is 13.2.